The molecule has 0 radical (unpaired) electrons. The molecule has 1 aromatic carbocycles. The van der Waals surface area contributed by atoms with Gasteiger partial charge in [-0.1, -0.05) is 12.1 Å². The molecule has 3 rings (SSSR count). The number of benzene rings is 1. The van der Waals surface area contributed by atoms with Crippen molar-refractivity contribution in [2.75, 3.05) is 11.4 Å². The van der Waals surface area contributed by atoms with E-state index in [1.54, 1.807) is 0 Å². The average Bonchev–Trinajstić information content (AvgIpc) is 2.68. The third-order valence-electron chi connectivity index (χ3n) is 5.86. The smallest absolute Gasteiger partial charge is 0.399 e. The maximum absolute atomic E-state index is 6.18. The van der Waals surface area contributed by atoms with Crippen molar-refractivity contribution < 1.29 is 9.31 Å². The predicted molar refractivity (Wildman–Crippen MR) is 97.6 cm³/mol. The van der Waals surface area contributed by atoms with E-state index < -0.39 is 0 Å². The van der Waals surface area contributed by atoms with Gasteiger partial charge in [-0.3, -0.25) is 0 Å². The number of anilines is 1. The average molecular weight is 315 g/mol. The van der Waals surface area contributed by atoms with Gasteiger partial charge in [0, 0.05) is 18.3 Å². The molecule has 2 aliphatic heterocycles. The molecule has 3 nitrogen and oxygen atoms in total. The van der Waals surface area contributed by atoms with Crippen LogP contribution in [0.3, 0.4) is 0 Å². The molecule has 0 spiro atoms. The fourth-order valence-corrected chi connectivity index (χ4v) is 3.58. The number of nitrogens with zero attached hydrogens (tertiary/aromatic N) is 1. The summed E-state index contributed by atoms with van der Waals surface area (Å²) in [6.07, 6.45) is 3.93. The summed E-state index contributed by atoms with van der Waals surface area (Å²) in [5.41, 5.74) is 3.22. The van der Waals surface area contributed by atoms with Gasteiger partial charge in [-0.2, -0.15) is 0 Å². The topological polar surface area (TPSA) is 21.7 Å². The van der Waals surface area contributed by atoms with Gasteiger partial charge in [-0.05, 0) is 77.9 Å². The van der Waals surface area contributed by atoms with Crippen LogP contribution in [0, 0.1) is 6.92 Å². The molecule has 126 valence electrons. The van der Waals surface area contributed by atoms with Gasteiger partial charge in [0.1, 0.15) is 0 Å². The van der Waals surface area contributed by atoms with E-state index in [9.17, 15) is 0 Å². The van der Waals surface area contributed by atoms with Crippen LogP contribution in [-0.4, -0.2) is 30.9 Å². The summed E-state index contributed by atoms with van der Waals surface area (Å²) >= 11 is 0. The third-order valence-corrected chi connectivity index (χ3v) is 5.86. The highest BCUT2D eigenvalue weighted by molar-refractivity contribution is 6.62. The Morgan fingerprint density at radius 1 is 1.09 bits per heavy atom. The molecule has 0 aliphatic carbocycles. The predicted octanol–water partition coefficient (Wildman–Crippen LogP) is 3.67. The SMILES string of the molecule is Cc1cc(B2OC(C)(C)C(C)(C)O2)ccc1N1CCCCC1C. The van der Waals surface area contributed by atoms with Crippen LogP contribution in [0.5, 0.6) is 0 Å². The van der Waals surface area contributed by atoms with E-state index in [2.05, 4.69) is 64.6 Å². The van der Waals surface area contributed by atoms with Gasteiger partial charge < -0.3 is 14.2 Å². The Bertz CT molecular complexity index is 569. The van der Waals surface area contributed by atoms with Gasteiger partial charge in [0.25, 0.3) is 0 Å². The van der Waals surface area contributed by atoms with Crippen molar-refractivity contribution in [3.05, 3.63) is 23.8 Å². The van der Waals surface area contributed by atoms with E-state index >= 15 is 0 Å². The molecule has 0 amide bonds. The second-order valence-corrected chi connectivity index (χ2v) is 8.17. The van der Waals surface area contributed by atoms with Crippen LogP contribution in [0.2, 0.25) is 0 Å². The maximum atomic E-state index is 6.18. The van der Waals surface area contributed by atoms with E-state index in [1.807, 2.05) is 0 Å². The van der Waals surface area contributed by atoms with Crippen molar-refractivity contribution in [3.8, 4) is 0 Å². The van der Waals surface area contributed by atoms with Gasteiger partial charge >= 0.3 is 7.12 Å². The van der Waals surface area contributed by atoms with Crippen LogP contribution >= 0.6 is 0 Å². The van der Waals surface area contributed by atoms with Crippen molar-refractivity contribution >= 4 is 18.3 Å². The molecule has 2 fully saturated rings. The normalized spacial score (nSPS) is 26.6. The van der Waals surface area contributed by atoms with Crippen molar-refractivity contribution in [2.45, 2.75) is 78.0 Å². The summed E-state index contributed by atoms with van der Waals surface area (Å²) in [7, 11) is -0.272. The van der Waals surface area contributed by atoms with Gasteiger partial charge in [0.15, 0.2) is 0 Å². The second kappa shape index (κ2) is 5.82. The first kappa shape index (κ1) is 16.8. The lowest BCUT2D eigenvalue weighted by Crippen LogP contribution is -2.41. The molecule has 0 N–H and O–H groups in total. The Morgan fingerprint density at radius 3 is 2.30 bits per heavy atom. The van der Waals surface area contributed by atoms with E-state index in [4.69, 9.17) is 9.31 Å². The number of hydrogen-bond donors (Lipinski definition) is 0. The summed E-state index contributed by atoms with van der Waals surface area (Å²) in [5.74, 6) is 0. The Balaban J connectivity index is 1.83. The minimum atomic E-state index is -0.286. The zero-order valence-corrected chi connectivity index (χ0v) is 15.5. The van der Waals surface area contributed by atoms with E-state index in [1.165, 1.54) is 30.5 Å². The number of aryl methyl sites for hydroxylation is 1. The highest BCUT2D eigenvalue weighted by Crippen LogP contribution is 2.37. The second-order valence-electron chi connectivity index (χ2n) is 8.17. The van der Waals surface area contributed by atoms with Crippen LogP contribution in [0.15, 0.2) is 18.2 Å². The maximum Gasteiger partial charge on any atom is 0.494 e. The Morgan fingerprint density at radius 2 is 1.74 bits per heavy atom. The van der Waals surface area contributed by atoms with Crippen LogP contribution in [0.1, 0.15) is 59.4 Å². The molecular weight excluding hydrogens is 285 g/mol. The Labute approximate surface area is 141 Å². The molecule has 1 aromatic rings. The summed E-state index contributed by atoms with van der Waals surface area (Å²) in [4.78, 5) is 2.55. The molecule has 2 heterocycles. The van der Waals surface area contributed by atoms with Crippen molar-refractivity contribution in [1.82, 2.24) is 0 Å². The molecule has 23 heavy (non-hydrogen) atoms. The van der Waals surface area contributed by atoms with Gasteiger partial charge in [-0.15, -0.1) is 0 Å². The van der Waals surface area contributed by atoms with Crippen LogP contribution in [0.4, 0.5) is 5.69 Å². The molecule has 1 atom stereocenters. The molecule has 0 bridgehead atoms. The molecule has 4 heteroatoms. The Hall–Kier alpha value is -0.995. The fourth-order valence-electron chi connectivity index (χ4n) is 3.58. The standard InChI is InChI=1S/C19H30BNO2/c1-14-13-16(20-22-18(3,4)19(5,6)23-20)10-11-17(14)21-12-8-7-9-15(21)2/h10-11,13,15H,7-9,12H2,1-6H3. The van der Waals surface area contributed by atoms with Gasteiger partial charge in [0.2, 0.25) is 0 Å². The monoisotopic (exact) mass is 315 g/mol. The highest BCUT2D eigenvalue weighted by Gasteiger charge is 2.51. The van der Waals surface area contributed by atoms with Gasteiger partial charge in [0.05, 0.1) is 11.2 Å². The summed E-state index contributed by atoms with van der Waals surface area (Å²) in [5, 5.41) is 0. The first-order valence-electron chi connectivity index (χ1n) is 8.94. The zero-order valence-electron chi connectivity index (χ0n) is 15.5. The molecule has 2 aliphatic rings. The zero-order chi connectivity index (χ0) is 16.8. The van der Waals surface area contributed by atoms with Crippen LogP contribution in [-0.2, 0) is 9.31 Å². The molecule has 0 aromatic heterocycles. The first-order chi connectivity index (χ1) is 10.7. The van der Waals surface area contributed by atoms with Crippen molar-refractivity contribution in [2.24, 2.45) is 0 Å². The first-order valence-corrected chi connectivity index (χ1v) is 8.94. The minimum absolute atomic E-state index is 0.272. The number of hydrogen-bond acceptors (Lipinski definition) is 3. The van der Waals surface area contributed by atoms with E-state index in [-0.39, 0.29) is 18.3 Å². The lowest BCUT2D eigenvalue weighted by atomic mass is 9.78. The number of rotatable bonds is 2. The minimum Gasteiger partial charge on any atom is -0.399 e. The van der Waals surface area contributed by atoms with Crippen molar-refractivity contribution in [3.63, 3.8) is 0 Å². The number of piperidine rings is 1. The van der Waals surface area contributed by atoms with E-state index in [0.717, 1.165) is 12.0 Å². The molecule has 1 unspecified atom stereocenters. The van der Waals surface area contributed by atoms with E-state index in [0.29, 0.717) is 6.04 Å². The van der Waals surface area contributed by atoms with Crippen LogP contribution < -0.4 is 10.4 Å². The molecule has 0 saturated carbocycles. The summed E-state index contributed by atoms with van der Waals surface area (Å²) in [6, 6.07) is 7.28. The van der Waals surface area contributed by atoms with Crippen LogP contribution in [0.25, 0.3) is 0 Å². The Kier molecular flexibility index (Phi) is 4.26. The molecule has 2 saturated heterocycles. The molecular formula is C19H30BNO2. The fraction of sp³-hybridized carbons (Fsp3) is 0.684. The lowest BCUT2D eigenvalue weighted by molar-refractivity contribution is 0.00578. The lowest BCUT2D eigenvalue weighted by Gasteiger charge is -2.36. The van der Waals surface area contributed by atoms with Gasteiger partial charge in [-0.25, -0.2) is 0 Å². The summed E-state index contributed by atoms with van der Waals surface area (Å²) < 4.78 is 12.4. The largest absolute Gasteiger partial charge is 0.494 e. The highest BCUT2D eigenvalue weighted by atomic mass is 16.7. The van der Waals surface area contributed by atoms with Crippen molar-refractivity contribution in [1.29, 1.82) is 0 Å². The summed E-state index contributed by atoms with van der Waals surface area (Å²) in [6.45, 7) is 14.1. The third kappa shape index (κ3) is 3.03. The quantitative estimate of drug-likeness (QED) is 0.777.